The molecule has 1 N–H and O–H groups in total. The molecule has 1 amide bonds. The highest BCUT2D eigenvalue weighted by Crippen LogP contribution is 2.33. The summed E-state index contributed by atoms with van der Waals surface area (Å²) in [7, 11) is -3.87. The predicted octanol–water partition coefficient (Wildman–Crippen LogP) is 4.76. The summed E-state index contributed by atoms with van der Waals surface area (Å²) in [6, 6.07) is 12.0. The van der Waals surface area contributed by atoms with E-state index in [9.17, 15) is 13.2 Å². The minimum Gasteiger partial charge on any atom is -0.339 e. The third kappa shape index (κ3) is 5.43. The highest BCUT2D eigenvalue weighted by Gasteiger charge is 2.29. The van der Waals surface area contributed by atoms with Gasteiger partial charge in [0.1, 0.15) is 10.7 Å². The molecule has 35 heavy (non-hydrogen) atoms. The summed E-state index contributed by atoms with van der Waals surface area (Å²) in [6.07, 6.45) is 2.39. The van der Waals surface area contributed by atoms with Crippen LogP contribution in [0.25, 0.3) is 0 Å². The molecular formula is C25H29N5O4S. The van der Waals surface area contributed by atoms with Gasteiger partial charge in [-0.25, -0.2) is 0 Å². The van der Waals surface area contributed by atoms with Crippen molar-refractivity contribution in [1.29, 1.82) is 0 Å². The second kappa shape index (κ2) is 9.99. The van der Waals surface area contributed by atoms with Gasteiger partial charge in [0, 0.05) is 30.1 Å². The second-order valence-corrected chi connectivity index (χ2v) is 10.4. The molecule has 2 aromatic carbocycles. The molecule has 0 fully saturated rings. The van der Waals surface area contributed by atoms with Crippen LogP contribution in [0.5, 0.6) is 0 Å². The molecule has 2 heterocycles. The molecule has 10 heteroatoms. The van der Waals surface area contributed by atoms with Crippen LogP contribution in [0.4, 0.5) is 11.4 Å². The number of anilines is 2. The first-order valence-corrected chi connectivity index (χ1v) is 13.1. The lowest BCUT2D eigenvalue weighted by Gasteiger charge is -2.29. The molecule has 0 bridgehead atoms. The zero-order valence-corrected chi connectivity index (χ0v) is 21.1. The Kier molecular flexibility index (Phi) is 7.02. The Morgan fingerprint density at radius 3 is 2.54 bits per heavy atom. The van der Waals surface area contributed by atoms with E-state index in [1.165, 1.54) is 6.07 Å². The molecule has 0 aliphatic carbocycles. The number of fused-ring (bicyclic) bond motifs is 1. The Morgan fingerprint density at radius 2 is 1.89 bits per heavy atom. The normalized spacial score (nSPS) is 14.5. The first-order chi connectivity index (χ1) is 16.7. The molecule has 4 rings (SSSR count). The van der Waals surface area contributed by atoms with Crippen molar-refractivity contribution in [3.8, 4) is 0 Å². The van der Waals surface area contributed by atoms with Crippen molar-refractivity contribution in [2.24, 2.45) is 4.40 Å². The number of carbonyl (C=O) groups excluding carboxylic acids is 1. The van der Waals surface area contributed by atoms with Crippen LogP contribution < -0.4 is 10.2 Å². The molecule has 1 aromatic heterocycles. The molecule has 0 atom stereocenters. The fourth-order valence-electron chi connectivity index (χ4n) is 3.80. The van der Waals surface area contributed by atoms with Crippen molar-refractivity contribution in [1.82, 2.24) is 10.1 Å². The van der Waals surface area contributed by atoms with E-state index in [2.05, 4.69) is 26.8 Å². The molecule has 3 aromatic rings. The van der Waals surface area contributed by atoms with Gasteiger partial charge in [0.2, 0.25) is 5.89 Å². The van der Waals surface area contributed by atoms with Crippen LogP contribution in [-0.2, 0) is 16.4 Å². The highest BCUT2D eigenvalue weighted by atomic mass is 32.2. The molecule has 0 unspecified atom stereocenters. The van der Waals surface area contributed by atoms with E-state index in [-0.39, 0.29) is 16.4 Å². The fourth-order valence-corrected chi connectivity index (χ4v) is 5.06. The smallest absolute Gasteiger partial charge is 0.286 e. The van der Waals surface area contributed by atoms with Crippen molar-refractivity contribution in [3.63, 3.8) is 0 Å². The zero-order chi connectivity index (χ0) is 25.2. The Labute approximate surface area is 205 Å². The number of aromatic nitrogens is 2. The average Bonchev–Trinajstić information content (AvgIpc) is 3.28. The molecule has 0 radical (unpaired) electrons. The van der Waals surface area contributed by atoms with Crippen LogP contribution >= 0.6 is 0 Å². The number of hydrogen-bond acceptors (Lipinski definition) is 7. The van der Waals surface area contributed by atoms with Gasteiger partial charge in [-0.1, -0.05) is 44.5 Å². The predicted molar refractivity (Wildman–Crippen MR) is 135 cm³/mol. The minimum atomic E-state index is -3.87. The van der Waals surface area contributed by atoms with Gasteiger partial charge in [-0.3, -0.25) is 4.79 Å². The summed E-state index contributed by atoms with van der Waals surface area (Å²) in [4.78, 5) is 19.2. The summed E-state index contributed by atoms with van der Waals surface area (Å²) in [5.41, 5.74) is 2.36. The monoisotopic (exact) mass is 495 g/mol. The second-order valence-electron chi connectivity index (χ2n) is 8.83. The van der Waals surface area contributed by atoms with Crippen LogP contribution in [-0.4, -0.2) is 36.8 Å². The molecule has 0 saturated heterocycles. The summed E-state index contributed by atoms with van der Waals surface area (Å²) < 4.78 is 34.5. The number of nitrogens with one attached hydrogen (secondary N) is 1. The Balaban J connectivity index is 1.48. The lowest BCUT2D eigenvalue weighted by molar-refractivity contribution is 0.102. The quantitative estimate of drug-likeness (QED) is 0.478. The van der Waals surface area contributed by atoms with Gasteiger partial charge in [-0.05, 0) is 49.2 Å². The third-order valence-corrected chi connectivity index (χ3v) is 7.11. The maximum atomic E-state index is 12.9. The van der Waals surface area contributed by atoms with Gasteiger partial charge in [0.15, 0.2) is 5.82 Å². The van der Waals surface area contributed by atoms with Crippen LogP contribution in [0, 0.1) is 0 Å². The van der Waals surface area contributed by atoms with Crippen molar-refractivity contribution >= 4 is 33.1 Å². The molecular weight excluding hydrogens is 466 g/mol. The van der Waals surface area contributed by atoms with Gasteiger partial charge in [-0.15, -0.1) is 4.40 Å². The third-order valence-electron chi connectivity index (χ3n) is 5.72. The number of amidine groups is 1. The van der Waals surface area contributed by atoms with Crippen LogP contribution in [0.15, 0.2) is 56.3 Å². The van der Waals surface area contributed by atoms with Crippen LogP contribution in [0.2, 0.25) is 0 Å². The maximum absolute atomic E-state index is 12.9. The summed E-state index contributed by atoms with van der Waals surface area (Å²) in [5.74, 6) is 1.41. The van der Waals surface area contributed by atoms with E-state index in [1.807, 2.05) is 30.9 Å². The highest BCUT2D eigenvalue weighted by molar-refractivity contribution is 7.90. The van der Waals surface area contributed by atoms with Crippen molar-refractivity contribution < 1.29 is 17.7 Å². The van der Waals surface area contributed by atoms with Gasteiger partial charge in [0.25, 0.3) is 15.9 Å². The van der Waals surface area contributed by atoms with Crippen molar-refractivity contribution in [3.05, 3.63) is 65.3 Å². The van der Waals surface area contributed by atoms with Gasteiger partial charge in [-0.2, -0.15) is 13.4 Å². The summed E-state index contributed by atoms with van der Waals surface area (Å²) in [5, 5.41) is 6.82. The van der Waals surface area contributed by atoms with Crippen LogP contribution in [0.3, 0.4) is 0 Å². The topological polar surface area (TPSA) is 118 Å². The lowest BCUT2D eigenvalue weighted by Crippen LogP contribution is -2.34. The van der Waals surface area contributed by atoms with Crippen LogP contribution in [0.1, 0.15) is 74.1 Å². The van der Waals surface area contributed by atoms with Gasteiger partial charge < -0.3 is 14.7 Å². The van der Waals surface area contributed by atoms with E-state index >= 15 is 0 Å². The summed E-state index contributed by atoms with van der Waals surface area (Å²) in [6.45, 7) is 8.39. The molecule has 0 saturated carbocycles. The standard InChI is InChI=1S/C25H29N5O4S/c1-5-6-13-30-17(4)29-35(32,33)22-15-19(9-12-21(22)30)24(31)26-20-10-7-18(8-11-20)14-23-27-25(16(2)3)34-28-23/h7-12,15-16H,5-6,13-14H2,1-4H3,(H,26,31). The van der Waals surface area contributed by atoms with Crippen molar-refractivity contribution in [2.45, 2.75) is 57.8 Å². The summed E-state index contributed by atoms with van der Waals surface area (Å²) >= 11 is 0. The first kappa shape index (κ1) is 24.6. The maximum Gasteiger partial charge on any atom is 0.286 e. The lowest BCUT2D eigenvalue weighted by atomic mass is 10.1. The van der Waals surface area contributed by atoms with Gasteiger partial charge >= 0.3 is 0 Å². The van der Waals surface area contributed by atoms with E-state index in [4.69, 9.17) is 4.52 Å². The fraction of sp³-hybridized carbons (Fsp3) is 0.360. The Hall–Kier alpha value is -3.53. The molecule has 9 nitrogen and oxygen atoms in total. The largest absolute Gasteiger partial charge is 0.339 e. The number of carbonyl (C=O) groups is 1. The Morgan fingerprint density at radius 1 is 1.14 bits per heavy atom. The van der Waals surface area contributed by atoms with E-state index in [0.717, 1.165) is 18.4 Å². The molecule has 1 aliphatic heterocycles. The van der Waals surface area contributed by atoms with Crippen molar-refractivity contribution in [2.75, 3.05) is 16.8 Å². The van der Waals surface area contributed by atoms with E-state index in [1.54, 1.807) is 31.2 Å². The number of hydrogen-bond donors (Lipinski definition) is 1. The van der Waals surface area contributed by atoms with Gasteiger partial charge in [0.05, 0.1) is 5.69 Å². The number of amides is 1. The van der Waals surface area contributed by atoms with E-state index in [0.29, 0.717) is 41.9 Å². The minimum absolute atomic E-state index is 0.0445. The molecule has 0 spiro atoms. The zero-order valence-electron chi connectivity index (χ0n) is 20.3. The Bertz CT molecular complexity index is 1360. The number of rotatable bonds is 8. The number of nitrogens with zero attached hydrogens (tertiary/aromatic N) is 4. The SMILES string of the molecule is CCCCN1C(C)=NS(=O)(=O)c2cc(C(=O)Nc3ccc(Cc4noc(C(C)C)n4)cc3)ccc21. The van der Waals surface area contributed by atoms with E-state index < -0.39 is 15.9 Å². The molecule has 1 aliphatic rings. The number of unbranched alkanes of at least 4 members (excludes halogenated alkanes) is 1. The molecule has 184 valence electrons. The first-order valence-electron chi connectivity index (χ1n) is 11.6. The number of sulfonamides is 1. The number of benzene rings is 2. The average molecular weight is 496 g/mol.